The molecule has 0 atom stereocenters. The van der Waals surface area contributed by atoms with Gasteiger partial charge in [0.15, 0.2) is 11.0 Å². The Morgan fingerprint density at radius 3 is 2.51 bits per heavy atom. The van der Waals surface area contributed by atoms with E-state index >= 15 is 0 Å². The predicted molar refractivity (Wildman–Crippen MR) is 137 cm³/mol. The topological polar surface area (TPSA) is 69.0 Å². The van der Waals surface area contributed by atoms with Crippen LogP contribution in [0.2, 0.25) is 0 Å². The molecule has 0 unspecified atom stereocenters. The Balaban J connectivity index is 1.70. The number of carbonyl (C=O) groups excluding carboxylic acids is 1. The second kappa shape index (κ2) is 11.6. The van der Waals surface area contributed by atoms with Crippen LogP contribution in [0.3, 0.4) is 0 Å². The molecule has 0 fully saturated rings. The summed E-state index contributed by atoms with van der Waals surface area (Å²) in [4.78, 5) is 12.7. The maximum Gasteiger partial charge on any atom is 0.416 e. The van der Waals surface area contributed by atoms with Crippen molar-refractivity contribution in [3.05, 3.63) is 95.1 Å². The van der Waals surface area contributed by atoms with Crippen molar-refractivity contribution in [1.82, 2.24) is 20.1 Å². The number of rotatable bonds is 9. The van der Waals surface area contributed by atoms with Crippen molar-refractivity contribution in [3.8, 4) is 17.1 Å². The van der Waals surface area contributed by atoms with Crippen LogP contribution in [0.5, 0.6) is 0 Å². The highest BCUT2D eigenvalue weighted by molar-refractivity contribution is 7.98. The molecular formula is C27H25F3N4O2S. The molecule has 0 bridgehead atoms. The number of halogens is 3. The van der Waals surface area contributed by atoms with Gasteiger partial charge in [-0.15, -0.1) is 10.2 Å². The largest absolute Gasteiger partial charge is 0.416 e. The summed E-state index contributed by atoms with van der Waals surface area (Å²) in [5.74, 6) is 0.555. The van der Waals surface area contributed by atoms with Crippen molar-refractivity contribution in [3.63, 3.8) is 0 Å². The van der Waals surface area contributed by atoms with Gasteiger partial charge in [-0.3, -0.25) is 9.36 Å². The van der Waals surface area contributed by atoms with Gasteiger partial charge in [0.05, 0.1) is 17.9 Å². The molecule has 4 rings (SSSR count). The molecule has 0 aliphatic heterocycles. The third kappa shape index (κ3) is 6.39. The number of aromatic nitrogens is 3. The summed E-state index contributed by atoms with van der Waals surface area (Å²) in [7, 11) is 1.56. The number of carbonyl (C=O) groups is 1. The lowest BCUT2D eigenvalue weighted by Crippen LogP contribution is -2.27. The number of benzene rings is 3. The minimum atomic E-state index is -4.49. The van der Waals surface area contributed by atoms with Crippen molar-refractivity contribution >= 4 is 17.7 Å². The highest BCUT2D eigenvalue weighted by Crippen LogP contribution is 2.34. The summed E-state index contributed by atoms with van der Waals surface area (Å²) in [6.07, 6.45) is -4.49. The summed E-state index contributed by atoms with van der Waals surface area (Å²) in [6.45, 7) is 2.72. The van der Waals surface area contributed by atoms with Gasteiger partial charge in [0.25, 0.3) is 5.91 Å². The van der Waals surface area contributed by atoms with Crippen LogP contribution in [-0.2, 0) is 16.7 Å². The van der Waals surface area contributed by atoms with Crippen LogP contribution in [0.1, 0.15) is 27.0 Å². The van der Waals surface area contributed by atoms with Gasteiger partial charge in [-0.25, -0.2) is 0 Å². The maximum atomic E-state index is 13.5. The van der Waals surface area contributed by atoms with Crippen LogP contribution < -0.4 is 5.32 Å². The molecule has 0 aliphatic rings. The molecular weight excluding hydrogens is 501 g/mol. The standard InChI is InChI=1S/C27H25F3N4O2S/c1-18-10-12-19(13-11-18)24-32-33-26(34(24)22-8-5-7-21(16-22)27(28,29)30)37-17-20-6-3-4-9-23(20)25(35)31-14-15-36-2/h3-13,16H,14-15,17H2,1-2H3,(H,31,35). The Morgan fingerprint density at radius 1 is 1.03 bits per heavy atom. The molecule has 0 saturated carbocycles. The highest BCUT2D eigenvalue weighted by atomic mass is 32.2. The van der Waals surface area contributed by atoms with E-state index in [1.165, 1.54) is 17.8 Å². The molecule has 10 heteroatoms. The van der Waals surface area contributed by atoms with Crippen molar-refractivity contribution in [2.75, 3.05) is 20.3 Å². The van der Waals surface area contributed by atoms with Gasteiger partial charge in [-0.1, -0.05) is 65.9 Å². The van der Waals surface area contributed by atoms with Crippen molar-refractivity contribution in [1.29, 1.82) is 0 Å². The zero-order chi connectivity index (χ0) is 26.4. The Morgan fingerprint density at radius 2 is 1.78 bits per heavy atom. The van der Waals surface area contributed by atoms with E-state index in [9.17, 15) is 18.0 Å². The third-order valence-corrected chi connectivity index (χ3v) is 6.56. The van der Waals surface area contributed by atoms with E-state index in [4.69, 9.17) is 4.74 Å². The number of aryl methyl sites for hydroxylation is 1. The first-order chi connectivity index (χ1) is 17.8. The van der Waals surface area contributed by atoms with Crippen molar-refractivity contribution in [2.45, 2.75) is 24.0 Å². The summed E-state index contributed by atoms with van der Waals surface area (Å²) in [5.41, 5.74) is 2.57. The summed E-state index contributed by atoms with van der Waals surface area (Å²) in [5, 5.41) is 11.9. The van der Waals surface area contributed by atoms with Crippen LogP contribution in [0.15, 0.2) is 78.0 Å². The van der Waals surface area contributed by atoms with Gasteiger partial charge in [-0.2, -0.15) is 13.2 Å². The van der Waals surface area contributed by atoms with Crippen LogP contribution in [0, 0.1) is 6.92 Å². The fraction of sp³-hybridized carbons (Fsp3) is 0.222. The van der Waals surface area contributed by atoms with Gasteiger partial charge in [0.1, 0.15) is 0 Å². The maximum absolute atomic E-state index is 13.5. The fourth-order valence-electron chi connectivity index (χ4n) is 3.68. The molecule has 1 N–H and O–H groups in total. The summed E-state index contributed by atoms with van der Waals surface area (Å²) in [6, 6.07) is 19.8. The molecule has 192 valence electrons. The van der Waals surface area contributed by atoms with E-state index in [2.05, 4.69) is 15.5 Å². The molecule has 0 spiro atoms. The molecule has 4 aromatic rings. The number of hydrogen-bond acceptors (Lipinski definition) is 5. The number of hydrogen-bond donors (Lipinski definition) is 1. The van der Waals surface area contributed by atoms with Crippen LogP contribution in [0.4, 0.5) is 13.2 Å². The number of amides is 1. The summed E-state index contributed by atoms with van der Waals surface area (Å²) < 4.78 is 47.1. The molecule has 6 nitrogen and oxygen atoms in total. The Hall–Kier alpha value is -3.63. The quantitative estimate of drug-likeness (QED) is 0.216. The molecule has 1 aromatic heterocycles. The van der Waals surface area contributed by atoms with Crippen LogP contribution >= 0.6 is 11.8 Å². The van der Waals surface area contributed by atoms with E-state index in [0.29, 0.717) is 41.1 Å². The van der Waals surface area contributed by atoms with E-state index in [1.54, 1.807) is 29.9 Å². The number of ether oxygens (including phenoxy) is 1. The molecule has 0 radical (unpaired) electrons. The first kappa shape index (κ1) is 26.4. The predicted octanol–water partition coefficient (Wildman–Crippen LogP) is 5.93. The van der Waals surface area contributed by atoms with E-state index in [0.717, 1.165) is 28.8 Å². The van der Waals surface area contributed by atoms with Gasteiger partial charge in [0.2, 0.25) is 0 Å². The average Bonchev–Trinajstić information content (AvgIpc) is 3.31. The minimum Gasteiger partial charge on any atom is -0.383 e. The molecule has 1 amide bonds. The number of thioether (sulfide) groups is 1. The first-order valence-electron chi connectivity index (χ1n) is 11.5. The molecule has 1 heterocycles. The van der Waals surface area contributed by atoms with Gasteiger partial charge in [-0.05, 0) is 36.8 Å². The Labute approximate surface area is 216 Å². The number of methoxy groups -OCH3 is 1. The first-order valence-corrected chi connectivity index (χ1v) is 12.4. The lowest BCUT2D eigenvalue weighted by Gasteiger charge is -2.14. The van der Waals surface area contributed by atoms with Crippen LogP contribution in [-0.4, -0.2) is 40.9 Å². The van der Waals surface area contributed by atoms with Gasteiger partial charge >= 0.3 is 6.18 Å². The smallest absolute Gasteiger partial charge is 0.383 e. The number of alkyl halides is 3. The second-order valence-electron chi connectivity index (χ2n) is 8.25. The number of nitrogens with one attached hydrogen (secondary N) is 1. The molecule has 3 aromatic carbocycles. The van der Waals surface area contributed by atoms with E-state index in [-0.39, 0.29) is 5.91 Å². The normalized spacial score (nSPS) is 11.5. The van der Waals surface area contributed by atoms with Gasteiger partial charge < -0.3 is 10.1 Å². The van der Waals surface area contributed by atoms with Crippen LogP contribution in [0.25, 0.3) is 17.1 Å². The molecule has 37 heavy (non-hydrogen) atoms. The SMILES string of the molecule is COCCNC(=O)c1ccccc1CSc1nnc(-c2ccc(C)cc2)n1-c1cccc(C(F)(F)F)c1. The highest BCUT2D eigenvalue weighted by Gasteiger charge is 2.31. The summed E-state index contributed by atoms with van der Waals surface area (Å²) >= 11 is 1.29. The molecule has 0 aliphatic carbocycles. The number of nitrogens with zero attached hydrogens (tertiary/aromatic N) is 3. The van der Waals surface area contributed by atoms with Crippen molar-refractivity contribution in [2.24, 2.45) is 0 Å². The van der Waals surface area contributed by atoms with Gasteiger partial charge in [0, 0.05) is 30.5 Å². The Kier molecular flexibility index (Phi) is 8.30. The second-order valence-corrected chi connectivity index (χ2v) is 9.19. The monoisotopic (exact) mass is 526 g/mol. The average molecular weight is 527 g/mol. The lowest BCUT2D eigenvalue weighted by molar-refractivity contribution is -0.137. The fourth-order valence-corrected chi connectivity index (χ4v) is 4.63. The lowest BCUT2D eigenvalue weighted by atomic mass is 10.1. The Bertz CT molecular complexity index is 1370. The molecule has 0 saturated heterocycles. The zero-order valence-electron chi connectivity index (χ0n) is 20.2. The minimum absolute atomic E-state index is 0.229. The van der Waals surface area contributed by atoms with E-state index < -0.39 is 11.7 Å². The zero-order valence-corrected chi connectivity index (χ0v) is 21.1. The van der Waals surface area contributed by atoms with Crippen molar-refractivity contribution < 1.29 is 22.7 Å². The third-order valence-electron chi connectivity index (χ3n) is 5.59. The van der Waals surface area contributed by atoms with E-state index in [1.807, 2.05) is 43.3 Å².